The number of amides is 1. The highest BCUT2D eigenvalue weighted by Gasteiger charge is 2.25. The molecule has 0 heterocycles. The Labute approximate surface area is 168 Å². The first kappa shape index (κ1) is 19.8. The first-order valence-corrected chi connectivity index (χ1v) is 9.72. The molecule has 1 atom stereocenters. The Morgan fingerprint density at radius 2 is 1.43 bits per heavy atom. The van der Waals surface area contributed by atoms with Gasteiger partial charge in [-0.15, -0.1) is 0 Å². The lowest BCUT2D eigenvalue weighted by molar-refractivity contribution is -0.121. The summed E-state index contributed by atoms with van der Waals surface area (Å²) in [6, 6.07) is 26.1. The van der Waals surface area contributed by atoms with Gasteiger partial charge in [0, 0.05) is 12.2 Å². The zero-order valence-corrected chi connectivity index (χ0v) is 16.9. The summed E-state index contributed by atoms with van der Waals surface area (Å²) in [5.41, 5.74) is 5.34. The maximum atomic E-state index is 13.3. The summed E-state index contributed by atoms with van der Waals surface area (Å²) in [6.45, 7) is 4.85. The lowest BCUT2D eigenvalue weighted by Gasteiger charge is -2.28. The van der Waals surface area contributed by atoms with Crippen molar-refractivity contribution in [3.8, 4) is 0 Å². The Hall–Kier alpha value is -2.91. The molecule has 0 aliphatic heterocycles. The van der Waals surface area contributed by atoms with Crippen molar-refractivity contribution in [2.24, 2.45) is 0 Å². The van der Waals surface area contributed by atoms with Crippen LogP contribution in [0.1, 0.15) is 28.3 Å². The van der Waals surface area contributed by atoms with E-state index >= 15 is 0 Å². The van der Waals surface area contributed by atoms with Gasteiger partial charge in [-0.2, -0.15) is 0 Å². The van der Waals surface area contributed by atoms with Crippen LogP contribution in [0.15, 0.2) is 78.9 Å². The number of likely N-dealkylation sites (N-methyl/N-ethyl adjacent to an activating group) is 1. The van der Waals surface area contributed by atoms with E-state index < -0.39 is 0 Å². The van der Waals surface area contributed by atoms with Crippen LogP contribution in [-0.4, -0.2) is 24.4 Å². The molecule has 3 aromatic rings. The van der Waals surface area contributed by atoms with E-state index in [0.717, 1.165) is 35.3 Å². The highest BCUT2D eigenvalue weighted by atomic mass is 16.2. The molecule has 3 aromatic carbocycles. The number of hydrogen-bond donors (Lipinski definition) is 1. The van der Waals surface area contributed by atoms with E-state index in [2.05, 4.69) is 34.5 Å². The van der Waals surface area contributed by atoms with Crippen molar-refractivity contribution in [3.05, 3.63) is 101 Å². The van der Waals surface area contributed by atoms with Gasteiger partial charge in [0.2, 0.25) is 5.91 Å². The summed E-state index contributed by atoms with van der Waals surface area (Å²) < 4.78 is 0. The van der Waals surface area contributed by atoms with Crippen LogP contribution >= 0.6 is 0 Å². The molecule has 0 saturated carbocycles. The number of benzene rings is 3. The quantitative estimate of drug-likeness (QED) is 0.621. The van der Waals surface area contributed by atoms with Crippen molar-refractivity contribution in [3.63, 3.8) is 0 Å². The van der Waals surface area contributed by atoms with Crippen molar-refractivity contribution in [2.75, 3.05) is 18.9 Å². The van der Waals surface area contributed by atoms with Crippen LogP contribution in [-0.2, 0) is 11.2 Å². The lowest BCUT2D eigenvalue weighted by Crippen LogP contribution is -2.36. The van der Waals surface area contributed by atoms with Crippen LogP contribution < -0.4 is 5.32 Å². The molecule has 3 rings (SSSR count). The van der Waals surface area contributed by atoms with E-state index in [1.165, 1.54) is 5.56 Å². The Kier molecular flexibility index (Phi) is 6.62. The van der Waals surface area contributed by atoms with Crippen LogP contribution in [0.2, 0.25) is 0 Å². The molecule has 3 heteroatoms. The van der Waals surface area contributed by atoms with Crippen LogP contribution in [0, 0.1) is 13.8 Å². The van der Waals surface area contributed by atoms with Gasteiger partial charge >= 0.3 is 0 Å². The molecule has 1 unspecified atom stereocenters. The first-order chi connectivity index (χ1) is 13.6. The van der Waals surface area contributed by atoms with E-state index in [0.29, 0.717) is 0 Å². The van der Waals surface area contributed by atoms with Gasteiger partial charge in [-0.05, 0) is 49.6 Å². The molecule has 0 radical (unpaired) electrons. The Morgan fingerprint density at radius 3 is 2.04 bits per heavy atom. The fraction of sp³-hybridized carbons (Fsp3) is 0.240. The summed E-state index contributed by atoms with van der Waals surface area (Å²) in [5, 5.41) is 3.18. The number of carbonyl (C=O) groups is 1. The van der Waals surface area contributed by atoms with E-state index in [4.69, 9.17) is 0 Å². The van der Waals surface area contributed by atoms with E-state index in [-0.39, 0.29) is 11.9 Å². The molecule has 1 N–H and O–H groups in total. The van der Waals surface area contributed by atoms with E-state index in [9.17, 15) is 4.79 Å². The third-order valence-corrected chi connectivity index (χ3v) is 5.13. The third-order valence-electron chi connectivity index (χ3n) is 5.13. The van der Waals surface area contributed by atoms with Crippen LogP contribution in [0.25, 0.3) is 0 Å². The number of para-hydroxylation sites is 1. The minimum absolute atomic E-state index is 0.000776. The minimum atomic E-state index is -0.344. The molecular formula is C25H28N2O. The van der Waals surface area contributed by atoms with Gasteiger partial charge < -0.3 is 5.32 Å². The molecule has 0 aliphatic rings. The molecule has 1 amide bonds. The van der Waals surface area contributed by atoms with Crippen LogP contribution in [0.5, 0.6) is 0 Å². The summed E-state index contributed by atoms with van der Waals surface area (Å²) >= 11 is 0. The Bertz CT molecular complexity index is 886. The third kappa shape index (κ3) is 4.87. The van der Waals surface area contributed by atoms with Crippen molar-refractivity contribution in [2.45, 2.75) is 26.3 Å². The molecule has 0 aliphatic carbocycles. The second-order valence-corrected chi connectivity index (χ2v) is 7.29. The van der Waals surface area contributed by atoms with Crippen molar-refractivity contribution < 1.29 is 4.79 Å². The van der Waals surface area contributed by atoms with Gasteiger partial charge in [0.05, 0.1) is 0 Å². The van der Waals surface area contributed by atoms with Gasteiger partial charge in [0.15, 0.2) is 0 Å². The Balaban J connectivity index is 1.81. The monoisotopic (exact) mass is 372 g/mol. The molecule has 144 valence electrons. The lowest BCUT2D eigenvalue weighted by atomic mass is 10.0. The molecular weight excluding hydrogens is 344 g/mol. The van der Waals surface area contributed by atoms with Crippen LogP contribution in [0.4, 0.5) is 5.69 Å². The smallest absolute Gasteiger partial charge is 0.246 e. The van der Waals surface area contributed by atoms with E-state index in [1.54, 1.807) is 0 Å². The highest BCUT2D eigenvalue weighted by Crippen LogP contribution is 2.25. The molecule has 28 heavy (non-hydrogen) atoms. The minimum Gasteiger partial charge on any atom is -0.324 e. The summed E-state index contributed by atoms with van der Waals surface area (Å²) in [7, 11) is 2.02. The van der Waals surface area contributed by atoms with Gasteiger partial charge in [0.25, 0.3) is 0 Å². The number of hydrogen-bond acceptors (Lipinski definition) is 2. The average Bonchev–Trinajstić information content (AvgIpc) is 2.71. The normalized spacial score (nSPS) is 12.0. The second-order valence-electron chi connectivity index (χ2n) is 7.29. The highest BCUT2D eigenvalue weighted by molar-refractivity contribution is 5.96. The number of nitrogens with one attached hydrogen (secondary N) is 1. The zero-order valence-electron chi connectivity index (χ0n) is 16.9. The largest absolute Gasteiger partial charge is 0.324 e. The molecule has 0 bridgehead atoms. The molecule has 0 saturated heterocycles. The van der Waals surface area contributed by atoms with Gasteiger partial charge in [-0.1, -0.05) is 78.9 Å². The predicted molar refractivity (Wildman–Crippen MR) is 117 cm³/mol. The van der Waals surface area contributed by atoms with Gasteiger partial charge in [0.1, 0.15) is 6.04 Å². The van der Waals surface area contributed by atoms with Gasteiger partial charge in [-0.3, -0.25) is 9.69 Å². The fourth-order valence-corrected chi connectivity index (χ4v) is 3.52. The number of anilines is 1. The topological polar surface area (TPSA) is 32.3 Å². The standard InChI is InChI=1S/C25H28N2O/c1-19-11-10-12-20(2)23(19)26-25(28)24(22-15-8-5-9-16-22)27(3)18-17-21-13-6-4-7-14-21/h4-16,24H,17-18H2,1-3H3,(H,26,28). The summed E-state index contributed by atoms with van der Waals surface area (Å²) in [5.74, 6) is -0.000776. The average molecular weight is 373 g/mol. The predicted octanol–water partition coefficient (Wildman–Crippen LogP) is 5.16. The number of aryl methyl sites for hydroxylation is 2. The van der Waals surface area contributed by atoms with Gasteiger partial charge in [-0.25, -0.2) is 0 Å². The molecule has 0 aromatic heterocycles. The van der Waals surface area contributed by atoms with Crippen molar-refractivity contribution >= 4 is 11.6 Å². The molecule has 3 nitrogen and oxygen atoms in total. The van der Waals surface area contributed by atoms with Crippen molar-refractivity contribution in [1.29, 1.82) is 0 Å². The number of rotatable bonds is 7. The fourth-order valence-electron chi connectivity index (χ4n) is 3.52. The van der Waals surface area contributed by atoms with E-state index in [1.807, 2.05) is 75.5 Å². The summed E-state index contributed by atoms with van der Waals surface area (Å²) in [4.78, 5) is 15.4. The summed E-state index contributed by atoms with van der Waals surface area (Å²) in [6.07, 6.45) is 0.900. The SMILES string of the molecule is Cc1cccc(C)c1NC(=O)C(c1ccccc1)N(C)CCc1ccccc1. The molecule has 0 fully saturated rings. The maximum Gasteiger partial charge on any atom is 0.246 e. The number of nitrogens with zero attached hydrogens (tertiary/aromatic N) is 1. The van der Waals surface area contributed by atoms with Crippen LogP contribution in [0.3, 0.4) is 0 Å². The number of carbonyl (C=O) groups excluding carboxylic acids is 1. The molecule has 0 spiro atoms. The Morgan fingerprint density at radius 1 is 0.857 bits per heavy atom. The first-order valence-electron chi connectivity index (χ1n) is 9.72. The van der Waals surface area contributed by atoms with Crippen molar-refractivity contribution in [1.82, 2.24) is 4.90 Å². The zero-order chi connectivity index (χ0) is 19.9. The maximum absolute atomic E-state index is 13.3. The second kappa shape index (κ2) is 9.34.